The fraction of sp³-hybridized carbons (Fsp3) is 0.797. The fourth-order valence-electron chi connectivity index (χ4n) is 8.72. The average molecular weight is 1020 g/mol. The Morgan fingerprint density at radius 2 is 0.930 bits per heavy atom. The topological polar surface area (TPSA) is 170 Å². The maximum absolute atomic E-state index is 13.4. The zero-order valence-corrected chi connectivity index (χ0v) is 46.8. The Morgan fingerprint density at radius 1 is 0.507 bits per heavy atom. The van der Waals surface area contributed by atoms with Gasteiger partial charge in [0.1, 0.15) is 0 Å². The monoisotopic (exact) mass is 1020 g/mol. The first-order valence-corrected chi connectivity index (χ1v) is 29.3. The highest BCUT2D eigenvalue weighted by Crippen LogP contribution is 2.29. The molecular formula is C59H112ClN7O4. The van der Waals surface area contributed by atoms with Crippen LogP contribution in [0.3, 0.4) is 0 Å². The second-order valence-corrected chi connectivity index (χ2v) is 19.7. The molecule has 1 aromatic rings. The number of allylic oxidation sites excluding steroid dienone is 4. The average Bonchev–Trinajstić information content (AvgIpc) is 3.37. The normalized spacial score (nSPS) is 12.0. The summed E-state index contributed by atoms with van der Waals surface area (Å²) in [4.78, 5) is 29.1. The number of ether oxygens (including phenoxy) is 2. The Balaban J connectivity index is 0.0000490. The van der Waals surface area contributed by atoms with Crippen LogP contribution in [0.15, 0.2) is 42.5 Å². The van der Waals surface area contributed by atoms with Crippen LogP contribution in [0.25, 0.3) is 0 Å². The summed E-state index contributed by atoms with van der Waals surface area (Å²) in [5.74, 6) is 1.04. The summed E-state index contributed by atoms with van der Waals surface area (Å²) in [6, 6.07) is 5.17. The molecule has 2 amide bonds. The van der Waals surface area contributed by atoms with Crippen molar-refractivity contribution in [2.75, 3.05) is 72.1 Å². The Bertz CT molecular complexity index is 1380. The summed E-state index contributed by atoms with van der Waals surface area (Å²) in [5.41, 5.74) is 17.8. The first kappa shape index (κ1) is 68.3. The van der Waals surface area contributed by atoms with Crippen LogP contribution in [0, 0.1) is 0 Å². The predicted octanol–water partition coefficient (Wildman–Crippen LogP) is 12.9. The van der Waals surface area contributed by atoms with Crippen molar-refractivity contribution in [3.05, 3.63) is 48.1 Å². The number of carbonyl (C=O) groups is 2. The number of hydrogen-bond acceptors (Lipinski definition) is 9. The lowest BCUT2D eigenvalue weighted by molar-refractivity contribution is -0.123. The quantitative estimate of drug-likeness (QED) is 0.0275. The van der Waals surface area contributed by atoms with E-state index in [0.29, 0.717) is 76.0 Å². The SMILES string of the molecule is CCCCCCCC/C=C/CCCCCCCCOc1ccc(C(=O)NCCNC(=O)[C@H](CCCN(CCCN)CCCN)NCCCN)cc1OCCCCCCCC/C=C/CCCCCCCC.Cl. The molecule has 11 nitrogen and oxygen atoms in total. The van der Waals surface area contributed by atoms with Crippen molar-refractivity contribution in [3.63, 3.8) is 0 Å². The number of halogens is 1. The van der Waals surface area contributed by atoms with E-state index in [0.717, 1.165) is 71.0 Å². The van der Waals surface area contributed by atoms with Crippen molar-refractivity contribution in [2.24, 2.45) is 17.2 Å². The molecule has 1 atom stereocenters. The summed E-state index contributed by atoms with van der Waals surface area (Å²) < 4.78 is 12.6. The van der Waals surface area contributed by atoms with Gasteiger partial charge in [0.2, 0.25) is 5.91 Å². The molecule has 0 bridgehead atoms. The molecule has 0 unspecified atom stereocenters. The lowest BCUT2D eigenvalue weighted by atomic mass is 10.1. The smallest absolute Gasteiger partial charge is 0.251 e. The molecule has 1 rings (SSSR count). The molecule has 0 fully saturated rings. The van der Waals surface area contributed by atoms with Gasteiger partial charge < -0.3 is 47.5 Å². The van der Waals surface area contributed by atoms with Crippen molar-refractivity contribution in [2.45, 2.75) is 232 Å². The van der Waals surface area contributed by atoms with Crippen LogP contribution in [-0.2, 0) is 4.79 Å². The minimum atomic E-state index is -0.330. The molecule has 0 saturated heterocycles. The van der Waals surface area contributed by atoms with Gasteiger partial charge in [0.15, 0.2) is 11.5 Å². The van der Waals surface area contributed by atoms with Crippen LogP contribution in [-0.4, -0.2) is 94.9 Å². The minimum absolute atomic E-state index is 0. The largest absolute Gasteiger partial charge is 0.490 e. The molecule has 0 radical (unpaired) electrons. The van der Waals surface area contributed by atoms with Crippen molar-refractivity contribution in [3.8, 4) is 11.5 Å². The van der Waals surface area contributed by atoms with Crippen LogP contribution in [0.4, 0.5) is 0 Å². The highest BCUT2D eigenvalue weighted by molar-refractivity contribution is 5.95. The van der Waals surface area contributed by atoms with E-state index in [4.69, 9.17) is 26.7 Å². The van der Waals surface area contributed by atoms with Crippen LogP contribution in [0.1, 0.15) is 236 Å². The van der Waals surface area contributed by atoms with Crippen LogP contribution >= 0.6 is 12.4 Å². The number of unbranched alkanes of at least 4 members (excludes halogenated alkanes) is 24. The fourth-order valence-corrected chi connectivity index (χ4v) is 8.72. The van der Waals surface area contributed by atoms with Crippen LogP contribution in [0.5, 0.6) is 11.5 Å². The number of rotatable bonds is 53. The molecular weight excluding hydrogens is 906 g/mol. The van der Waals surface area contributed by atoms with E-state index in [1.54, 1.807) is 0 Å². The molecule has 0 aliphatic carbocycles. The maximum Gasteiger partial charge on any atom is 0.251 e. The Morgan fingerprint density at radius 3 is 1.41 bits per heavy atom. The zero-order chi connectivity index (χ0) is 50.6. The molecule has 0 saturated carbocycles. The summed E-state index contributed by atoms with van der Waals surface area (Å²) in [5, 5.41) is 9.43. The lowest BCUT2D eigenvalue weighted by Gasteiger charge is -2.24. The molecule has 0 aromatic heterocycles. The third-order valence-corrected chi connectivity index (χ3v) is 13.2. The number of carbonyl (C=O) groups excluding carboxylic acids is 2. The van der Waals surface area contributed by atoms with Crippen molar-refractivity contribution in [1.82, 2.24) is 20.9 Å². The van der Waals surface area contributed by atoms with Gasteiger partial charge in [-0.2, -0.15) is 0 Å². The van der Waals surface area contributed by atoms with Gasteiger partial charge in [0.25, 0.3) is 5.91 Å². The molecule has 9 N–H and O–H groups in total. The molecule has 0 heterocycles. The standard InChI is InChI=1S/C59H111N7O4.ClH/c1-3-5-7-9-11-13-15-17-19-21-23-25-27-29-31-33-51-69-56-41-40-54(53-57(56)70-52-34-32-30-28-26-24-22-20-18-16-14-12-10-8-6-4-2)58(67)64-46-47-65-59(68)55(63-45-36-42-60)39-35-48-66(49-37-43-61)50-38-44-62;/h17-20,40-41,53,55,63H,3-16,21-39,42-52,60-62H2,1-2H3,(H,64,67)(H,65,68);1H/b19-17+,20-18+;/t55-;/m0./s1. The predicted molar refractivity (Wildman–Crippen MR) is 307 cm³/mol. The van der Waals surface area contributed by atoms with Crippen molar-refractivity contribution in [1.29, 1.82) is 0 Å². The first-order chi connectivity index (χ1) is 34.5. The molecule has 71 heavy (non-hydrogen) atoms. The van der Waals surface area contributed by atoms with E-state index in [-0.39, 0.29) is 30.3 Å². The van der Waals surface area contributed by atoms with Gasteiger partial charge in [-0.1, -0.05) is 154 Å². The number of nitrogens with zero attached hydrogens (tertiary/aromatic N) is 1. The van der Waals surface area contributed by atoms with E-state index in [1.165, 1.54) is 154 Å². The van der Waals surface area contributed by atoms with Crippen LogP contribution in [0.2, 0.25) is 0 Å². The molecule has 414 valence electrons. The highest BCUT2D eigenvalue weighted by Gasteiger charge is 2.18. The third-order valence-electron chi connectivity index (χ3n) is 13.2. The van der Waals surface area contributed by atoms with Crippen molar-refractivity contribution >= 4 is 24.2 Å². The van der Waals surface area contributed by atoms with E-state index in [2.05, 4.69) is 59.0 Å². The number of amides is 2. The Hall–Kier alpha value is -2.67. The molecule has 0 aliphatic heterocycles. The van der Waals surface area contributed by atoms with Gasteiger partial charge in [-0.05, 0) is 160 Å². The van der Waals surface area contributed by atoms with Gasteiger partial charge in [-0.25, -0.2) is 0 Å². The Labute approximate surface area is 443 Å². The third kappa shape index (κ3) is 42.4. The van der Waals surface area contributed by atoms with Crippen molar-refractivity contribution < 1.29 is 19.1 Å². The zero-order valence-electron chi connectivity index (χ0n) is 46.0. The summed E-state index contributed by atoms with van der Waals surface area (Å²) in [6.07, 6.45) is 49.3. The lowest BCUT2D eigenvalue weighted by Crippen LogP contribution is -2.47. The molecule has 0 spiro atoms. The maximum atomic E-state index is 13.4. The summed E-state index contributed by atoms with van der Waals surface area (Å²) >= 11 is 0. The molecule has 0 aliphatic rings. The van der Waals surface area contributed by atoms with Gasteiger partial charge in [-0.15, -0.1) is 12.4 Å². The number of benzene rings is 1. The van der Waals surface area contributed by atoms with Gasteiger partial charge >= 0.3 is 0 Å². The second kappa shape index (κ2) is 53.6. The number of hydrogen-bond donors (Lipinski definition) is 6. The number of nitrogens with one attached hydrogen (secondary N) is 3. The van der Waals surface area contributed by atoms with Gasteiger partial charge in [-0.3, -0.25) is 9.59 Å². The van der Waals surface area contributed by atoms with E-state index in [1.807, 2.05) is 18.2 Å². The molecule has 12 heteroatoms. The van der Waals surface area contributed by atoms with E-state index >= 15 is 0 Å². The highest BCUT2D eigenvalue weighted by atomic mass is 35.5. The number of nitrogens with two attached hydrogens (primary N) is 3. The second-order valence-electron chi connectivity index (χ2n) is 19.7. The minimum Gasteiger partial charge on any atom is -0.490 e. The van der Waals surface area contributed by atoms with Gasteiger partial charge in [0.05, 0.1) is 19.3 Å². The summed E-state index contributed by atoms with van der Waals surface area (Å²) in [6.45, 7) is 11.7. The Kier molecular flexibility index (Phi) is 51.6. The first-order valence-electron chi connectivity index (χ1n) is 29.3. The van der Waals surface area contributed by atoms with Gasteiger partial charge in [0, 0.05) is 18.7 Å². The van der Waals surface area contributed by atoms with E-state index < -0.39 is 0 Å². The van der Waals surface area contributed by atoms with Crippen LogP contribution < -0.4 is 42.6 Å². The van der Waals surface area contributed by atoms with E-state index in [9.17, 15) is 9.59 Å². The molecule has 1 aromatic carbocycles. The summed E-state index contributed by atoms with van der Waals surface area (Å²) in [7, 11) is 0.